The molecule has 0 saturated heterocycles. The molecule has 1 aromatic rings. The van der Waals surface area contributed by atoms with Crippen molar-refractivity contribution >= 4 is 0 Å². The van der Waals surface area contributed by atoms with Crippen LogP contribution >= 0.6 is 0 Å². The summed E-state index contributed by atoms with van der Waals surface area (Å²) in [5, 5.41) is 0. The SMILES string of the molecule is CC1=CC(C)(c2ccccc2)ON1. The molecule has 68 valence electrons. The van der Waals surface area contributed by atoms with Gasteiger partial charge < -0.3 is 0 Å². The van der Waals surface area contributed by atoms with Gasteiger partial charge in [0.1, 0.15) is 5.60 Å². The Bertz CT molecular complexity index is 331. The quantitative estimate of drug-likeness (QED) is 0.707. The Morgan fingerprint density at radius 1 is 1.23 bits per heavy atom. The number of allylic oxidation sites excluding steroid dienone is 1. The summed E-state index contributed by atoms with van der Waals surface area (Å²) in [6, 6.07) is 10.2. The van der Waals surface area contributed by atoms with Gasteiger partial charge in [-0.15, -0.1) is 0 Å². The summed E-state index contributed by atoms with van der Waals surface area (Å²) in [4.78, 5) is 5.50. The van der Waals surface area contributed by atoms with Crippen molar-refractivity contribution in [3.8, 4) is 0 Å². The number of hydrogen-bond acceptors (Lipinski definition) is 2. The molecule has 0 aromatic heterocycles. The summed E-state index contributed by atoms with van der Waals surface area (Å²) in [5.41, 5.74) is 4.78. The molecule has 2 nitrogen and oxygen atoms in total. The van der Waals surface area contributed by atoms with Crippen LogP contribution in [0, 0.1) is 0 Å². The van der Waals surface area contributed by atoms with E-state index in [1.165, 1.54) is 5.56 Å². The number of nitrogens with one attached hydrogen (secondary N) is 1. The van der Waals surface area contributed by atoms with Crippen molar-refractivity contribution in [1.82, 2.24) is 5.48 Å². The molecule has 2 heteroatoms. The lowest BCUT2D eigenvalue weighted by molar-refractivity contribution is -0.0313. The Morgan fingerprint density at radius 3 is 2.46 bits per heavy atom. The van der Waals surface area contributed by atoms with E-state index >= 15 is 0 Å². The van der Waals surface area contributed by atoms with Gasteiger partial charge in [0, 0.05) is 5.70 Å². The third kappa shape index (κ3) is 1.45. The van der Waals surface area contributed by atoms with Crippen molar-refractivity contribution in [3.63, 3.8) is 0 Å². The highest BCUT2D eigenvalue weighted by atomic mass is 16.7. The largest absolute Gasteiger partial charge is 0.270 e. The third-order valence-electron chi connectivity index (χ3n) is 2.26. The molecule has 0 spiro atoms. The average molecular weight is 175 g/mol. The van der Waals surface area contributed by atoms with Crippen molar-refractivity contribution in [2.24, 2.45) is 0 Å². The first-order valence-corrected chi connectivity index (χ1v) is 4.40. The molecule has 0 fully saturated rings. The molecule has 0 amide bonds. The van der Waals surface area contributed by atoms with Gasteiger partial charge >= 0.3 is 0 Å². The van der Waals surface area contributed by atoms with E-state index in [2.05, 4.69) is 23.7 Å². The minimum absolute atomic E-state index is 0.314. The summed E-state index contributed by atoms with van der Waals surface area (Å²) in [6.07, 6.45) is 2.09. The Morgan fingerprint density at radius 2 is 1.92 bits per heavy atom. The van der Waals surface area contributed by atoms with Crippen LogP contribution in [0.2, 0.25) is 0 Å². The number of hydroxylamine groups is 1. The van der Waals surface area contributed by atoms with Crippen LogP contribution in [-0.2, 0) is 10.4 Å². The topological polar surface area (TPSA) is 21.3 Å². The van der Waals surface area contributed by atoms with Crippen LogP contribution in [0.15, 0.2) is 42.1 Å². The molecule has 1 atom stereocenters. The van der Waals surface area contributed by atoms with Crippen molar-refractivity contribution in [2.75, 3.05) is 0 Å². The summed E-state index contributed by atoms with van der Waals surface area (Å²) >= 11 is 0. The number of rotatable bonds is 1. The van der Waals surface area contributed by atoms with Gasteiger partial charge in [-0.3, -0.25) is 10.3 Å². The zero-order valence-electron chi connectivity index (χ0n) is 7.87. The van der Waals surface area contributed by atoms with E-state index in [0.29, 0.717) is 0 Å². The lowest BCUT2D eigenvalue weighted by Crippen LogP contribution is -2.22. The maximum atomic E-state index is 5.50. The zero-order valence-corrected chi connectivity index (χ0v) is 7.87. The van der Waals surface area contributed by atoms with Gasteiger partial charge in [0.2, 0.25) is 0 Å². The molecule has 0 aliphatic carbocycles. The molecule has 1 heterocycles. The van der Waals surface area contributed by atoms with E-state index in [0.717, 1.165) is 5.70 Å². The zero-order chi connectivity index (χ0) is 9.31. The monoisotopic (exact) mass is 175 g/mol. The second-order valence-electron chi connectivity index (χ2n) is 3.50. The van der Waals surface area contributed by atoms with Gasteiger partial charge in [-0.25, -0.2) is 0 Å². The fraction of sp³-hybridized carbons (Fsp3) is 0.273. The predicted molar refractivity (Wildman–Crippen MR) is 51.8 cm³/mol. The van der Waals surface area contributed by atoms with Gasteiger partial charge in [-0.05, 0) is 25.5 Å². The molecule has 1 unspecified atom stereocenters. The summed E-state index contributed by atoms with van der Waals surface area (Å²) in [7, 11) is 0. The molecular weight excluding hydrogens is 162 g/mol. The summed E-state index contributed by atoms with van der Waals surface area (Å²) in [5.74, 6) is 0. The molecule has 1 aliphatic rings. The summed E-state index contributed by atoms with van der Waals surface area (Å²) in [6.45, 7) is 4.04. The van der Waals surface area contributed by atoms with Gasteiger partial charge in [-0.1, -0.05) is 30.3 Å². The van der Waals surface area contributed by atoms with Crippen molar-refractivity contribution in [3.05, 3.63) is 47.7 Å². The lowest BCUT2D eigenvalue weighted by Gasteiger charge is -2.20. The van der Waals surface area contributed by atoms with Crippen LogP contribution in [0.3, 0.4) is 0 Å². The van der Waals surface area contributed by atoms with Crippen LogP contribution in [-0.4, -0.2) is 0 Å². The molecule has 13 heavy (non-hydrogen) atoms. The van der Waals surface area contributed by atoms with Gasteiger partial charge in [-0.2, -0.15) is 0 Å². The maximum Gasteiger partial charge on any atom is 0.138 e. The third-order valence-corrected chi connectivity index (χ3v) is 2.26. The second-order valence-corrected chi connectivity index (χ2v) is 3.50. The van der Waals surface area contributed by atoms with Crippen molar-refractivity contribution < 1.29 is 4.84 Å². The highest BCUT2D eigenvalue weighted by molar-refractivity contribution is 5.29. The fourth-order valence-corrected chi connectivity index (χ4v) is 1.57. The van der Waals surface area contributed by atoms with E-state index in [1.807, 2.05) is 32.0 Å². The molecule has 1 aromatic carbocycles. The van der Waals surface area contributed by atoms with E-state index < -0.39 is 0 Å². The number of benzene rings is 1. The normalized spacial score (nSPS) is 26.8. The van der Waals surface area contributed by atoms with E-state index in [4.69, 9.17) is 4.84 Å². The molecule has 2 rings (SSSR count). The van der Waals surface area contributed by atoms with Gasteiger partial charge in [0.15, 0.2) is 0 Å². The van der Waals surface area contributed by atoms with Crippen LogP contribution in [0.1, 0.15) is 19.4 Å². The van der Waals surface area contributed by atoms with Crippen LogP contribution < -0.4 is 5.48 Å². The molecule has 0 bridgehead atoms. The Labute approximate surface area is 78.2 Å². The second kappa shape index (κ2) is 2.89. The minimum atomic E-state index is -0.314. The highest BCUT2D eigenvalue weighted by Crippen LogP contribution is 2.30. The Kier molecular flexibility index (Phi) is 1.85. The maximum absolute atomic E-state index is 5.50. The first kappa shape index (κ1) is 8.32. The highest BCUT2D eigenvalue weighted by Gasteiger charge is 2.29. The van der Waals surface area contributed by atoms with E-state index in [-0.39, 0.29) is 5.60 Å². The van der Waals surface area contributed by atoms with Crippen molar-refractivity contribution in [2.45, 2.75) is 19.4 Å². The summed E-state index contributed by atoms with van der Waals surface area (Å²) < 4.78 is 0. The van der Waals surface area contributed by atoms with Gasteiger partial charge in [0.05, 0.1) is 0 Å². The first-order valence-electron chi connectivity index (χ1n) is 4.40. The Hall–Kier alpha value is -1.28. The molecule has 1 N–H and O–H groups in total. The van der Waals surface area contributed by atoms with Gasteiger partial charge in [0.25, 0.3) is 0 Å². The van der Waals surface area contributed by atoms with Crippen LogP contribution in [0.5, 0.6) is 0 Å². The first-order chi connectivity index (χ1) is 6.21. The van der Waals surface area contributed by atoms with Crippen LogP contribution in [0.4, 0.5) is 0 Å². The number of hydrogen-bond donors (Lipinski definition) is 1. The fourth-order valence-electron chi connectivity index (χ4n) is 1.57. The lowest BCUT2D eigenvalue weighted by atomic mass is 9.96. The van der Waals surface area contributed by atoms with E-state index in [1.54, 1.807) is 0 Å². The molecule has 0 radical (unpaired) electrons. The Balaban J connectivity index is 2.37. The standard InChI is InChI=1S/C11H13NO/c1-9-8-11(2,13-12-9)10-6-4-3-5-7-10/h3-8,12H,1-2H3. The predicted octanol–water partition coefficient (Wildman–Crippen LogP) is 2.34. The average Bonchev–Trinajstić information content (AvgIpc) is 2.49. The van der Waals surface area contributed by atoms with E-state index in [9.17, 15) is 0 Å². The smallest absolute Gasteiger partial charge is 0.138 e. The molecular formula is C11H13NO. The van der Waals surface area contributed by atoms with Crippen molar-refractivity contribution in [1.29, 1.82) is 0 Å². The molecule has 1 aliphatic heterocycles. The molecule has 0 saturated carbocycles. The minimum Gasteiger partial charge on any atom is -0.270 e. The van der Waals surface area contributed by atoms with Crippen LogP contribution in [0.25, 0.3) is 0 Å².